The number of aryl methyl sites for hydroxylation is 1. The van der Waals surface area contributed by atoms with Gasteiger partial charge >= 0.3 is 5.97 Å². The Kier molecular flexibility index (Phi) is 3.58. The standard InChI is InChI=1S/C8H10N2O3S/c1-5-4-7(14-10-5)9-6(11)2-3-8(12)13/h4H,2-3H2,1H3,(H,9,11)(H,12,13). The van der Waals surface area contributed by atoms with Crippen molar-refractivity contribution in [3.63, 3.8) is 0 Å². The number of aliphatic carboxylic acids is 1. The number of rotatable bonds is 4. The van der Waals surface area contributed by atoms with E-state index in [2.05, 4.69) is 9.69 Å². The molecule has 1 rings (SSSR count). The molecule has 0 bridgehead atoms. The third-order valence-electron chi connectivity index (χ3n) is 1.46. The van der Waals surface area contributed by atoms with E-state index < -0.39 is 5.97 Å². The number of nitrogens with one attached hydrogen (secondary N) is 1. The Hall–Kier alpha value is -1.43. The number of carbonyl (C=O) groups excluding carboxylic acids is 1. The van der Waals surface area contributed by atoms with Gasteiger partial charge in [0, 0.05) is 6.42 Å². The molecule has 1 amide bonds. The van der Waals surface area contributed by atoms with Crippen molar-refractivity contribution in [2.75, 3.05) is 5.32 Å². The second-order valence-electron chi connectivity index (χ2n) is 2.77. The van der Waals surface area contributed by atoms with Crippen molar-refractivity contribution in [3.8, 4) is 0 Å². The Morgan fingerprint density at radius 3 is 2.79 bits per heavy atom. The molecule has 1 heterocycles. The molecule has 0 aliphatic carbocycles. The summed E-state index contributed by atoms with van der Waals surface area (Å²) in [6.45, 7) is 1.82. The third-order valence-corrected chi connectivity index (χ3v) is 2.25. The summed E-state index contributed by atoms with van der Waals surface area (Å²) < 4.78 is 3.98. The van der Waals surface area contributed by atoms with E-state index >= 15 is 0 Å². The van der Waals surface area contributed by atoms with Crippen LogP contribution in [0.3, 0.4) is 0 Å². The maximum Gasteiger partial charge on any atom is 0.303 e. The topological polar surface area (TPSA) is 79.3 Å². The number of hydrogen-bond donors (Lipinski definition) is 2. The van der Waals surface area contributed by atoms with E-state index in [1.807, 2.05) is 6.92 Å². The van der Waals surface area contributed by atoms with E-state index in [0.29, 0.717) is 5.00 Å². The van der Waals surface area contributed by atoms with Crippen LogP contribution in [0.5, 0.6) is 0 Å². The lowest BCUT2D eigenvalue weighted by Crippen LogP contribution is -2.12. The minimum atomic E-state index is -0.972. The second-order valence-corrected chi connectivity index (χ2v) is 3.58. The Morgan fingerprint density at radius 2 is 2.29 bits per heavy atom. The highest BCUT2D eigenvalue weighted by Crippen LogP contribution is 2.15. The fraction of sp³-hybridized carbons (Fsp3) is 0.375. The molecular weight excluding hydrogens is 204 g/mol. The Balaban J connectivity index is 2.37. The first-order valence-electron chi connectivity index (χ1n) is 4.03. The molecule has 0 saturated heterocycles. The lowest BCUT2D eigenvalue weighted by atomic mass is 10.3. The molecular formula is C8H10N2O3S. The summed E-state index contributed by atoms with van der Waals surface area (Å²) in [4.78, 5) is 21.3. The molecule has 0 unspecified atom stereocenters. The van der Waals surface area contributed by atoms with Gasteiger partial charge in [0.05, 0.1) is 12.1 Å². The van der Waals surface area contributed by atoms with Gasteiger partial charge in [0.1, 0.15) is 5.00 Å². The molecule has 0 aromatic carbocycles. The van der Waals surface area contributed by atoms with Crippen LogP contribution < -0.4 is 5.32 Å². The zero-order valence-electron chi connectivity index (χ0n) is 7.61. The highest BCUT2D eigenvalue weighted by atomic mass is 32.1. The van der Waals surface area contributed by atoms with E-state index in [4.69, 9.17) is 5.11 Å². The van der Waals surface area contributed by atoms with Crippen molar-refractivity contribution in [1.82, 2.24) is 4.37 Å². The molecule has 0 saturated carbocycles. The van der Waals surface area contributed by atoms with E-state index in [9.17, 15) is 9.59 Å². The van der Waals surface area contributed by atoms with Crippen molar-refractivity contribution in [2.24, 2.45) is 0 Å². The maximum absolute atomic E-state index is 11.1. The van der Waals surface area contributed by atoms with Gasteiger partial charge in [-0.2, -0.15) is 4.37 Å². The normalized spacial score (nSPS) is 9.79. The van der Waals surface area contributed by atoms with E-state index in [-0.39, 0.29) is 18.7 Å². The zero-order valence-corrected chi connectivity index (χ0v) is 8.43. The first-order chi connectivity index (χ1) is 6.58. The number of carboxylic acids is 1. The first-order valence-corrected chi connectivity index (χ1v) is 4.80. The average molecular weight is 214 g/mol. The van der Waals surface area contributed by atoms with Crippen molar-refractivity contribution >= 4 is 28.4 Å². The average Bonchev–Trinajstić information content (AvgIpc) is 2.48. The molecule has 0 spiro atoms. The largest absolute Gasteiger partial charge is 0.481 e. The molecule has 14 heavy (non-hydrogen) atoms. The summed E-state index contributed by atoms with van der Waals surface area (Å²) in [6, 6.07) is 1.74. The lowest BCUT2D eigenvalue weighted by Gasteiger charge is -1.98. The summed E-state index contributed by atoms with van der Waals surface area (Å²) in [5.74, 6) is -1.27. The van der Waals surface area contributed by atoms with Crippen LogP contribution in [0.4, 0.5) is 5.00 Å². The summed E-state index contributed by atoms with van der Waals surface area (Å²) in [6.07, 6.45) is -0.157. The monoisotopic (exact) mass is 214 g/mol. The van der Waals surface area contributed by atoms with E-state index in [0.717, 1.165) is 5.69 Å². The zero-order chi connectivity index (χ0) is 10.6. The molecule has 0 aliphatic heterocycles. The van der Waals surface area contributed by atoms with Crippen LogP contribution in [0.2, 0.25) is 0 Å². The van der Waals surface area contributed by atoms with Gasteiger partial charge < -0.3 is 10.4 Å². The molecule has 5 nitrogen and oxygen atoms in total. The summed E-state index contributed by atoms with van der Waals surface area (Å²) >= 11 is 1.18. The molecule has 0 radical (unpaired) electrons. The molecule has 0 atom stereocenters. The highest BCUT2D eigenvalue weighted by molar-refractivity contribution is 7.10. The molecule has 2 N–H and O–H groups in total. The van der Waals surface area contributed by atoms with Gasteiger partial charge in [-0.05, 0) is 24.5 Å². The summed E-state index contributed by atoms with van der Waals surface area (Å²) in [7, 11) is 0. The van der Waals surface area contributed by atoms with Crippen molar-refractivity contribution in [1.29, 1.82) is 0 Å². The van der Waals surface area contributed by atoms with Crippen LogP contribution in [0.15, 0.2) is 6.07 Å². The van der Waals surface area contributed by atoms with Crippen LogP contribution >= 0.6 is 11.5 Å². The molecule has 0 aliphatic rings. The molecule has 76 valence electrons. The Bertz CT molecular complexity index is 348. The van der Waals surface area contributed by atoms with Crippen LogP contribution in [-0.2, 0) is 9.59 Å². The molecule has 1 aromatic rings. The van der Waals surface area contributed by atoms with E-state index in [1.54, 1.807) is 6.07 Å². The number of anilines is 1. The third kappa shape index (κ3) is 3.53. The Morgan fingerprint density at radius 1 is 1.57 bits per heavy atom. The number of amides is 1. The predicted molar refractivity (Wildman–Crippen MR) is 52.4 cm³/mol. The molecule has 0 fully saturated rings. The minimum Gasteiger partial charge on any atom is -0.481 e. The number of carboxylic acid groups (broad SMARTS) is 1. The van der Waals surface area contributed by atoms with Gasteiger partial charge in [-0.15, -0.1) is 0 Å². The SMILES string of the molecule is Cc1cc(NC(=O)CCC(=O)O)sn1. The fourth-order valence-electron chi connectivity index (χ4n) is 0.843. The smallest absolute Gasteiger partial charge is 0.303 e. The number of nitrogens with zero attached hydrogens (tertiary/aromatic N) is 1. The number of aromatic nitrogens is 1. The van der Waals surface area contributed by atoms with Gasteiger partial charge in [0.2, 0.25) is 5.91 Å². The minimum absolute atomic E-state index is 0.00766. The van der Waals surface area contributed by atoms with Crippen LogP contribution in [0.1, 0.15) is 18.5 Å². The predicted octanol–water partition coefficient (Wildman–Crippen LogP) is 1.25. The summed E-state index contributed by atoms with van der Waals surface area (Å²) in [5, 5.41) is 11.6. The van der Waals surface area contributed by atoms with Crippen molar-refractivity contribution in [3.05, 3.63) is 11.8 Å². The van der Waals surface area contributed by atoms with Crippen LogP contribution in [0.25, 0.3) is 0 Å². The molecule has 1 aromatic heterocycles. The lowest BCUT2D eigenvalue weighted by molar-refractivity contribution is -0.138. The van der Waals surface area contributed by atoms with Crippen LogP contribution in [0, 0.1) is 6.92 Å². The van der Waals surface area contributed by atoms with Crippen LogP contribution in [-0.4, -0.2) is 21.4 Å². The van der Waals surface area contributed by atoms with Crippen molar-refractivity contribution < 1.29 is 14.7 Å². The van der Waals surface area contributed by atoms with Crippen molar-refractivity contribution in [2.45, 2.75) is 19.8 Å². The molecule has 6 heteroatoms. The first kappa shape index (κ1) is 10.6. The van der Waals surface area contributed by atoms with Gasteiger partial charge in [-0.3, -0.25) is 9.59 Å². The second kappa shape index (κ2) is 4.71. The van der Waals surface area contributed by atoms with Gasteiger partial charge in [0.15, 0.2) is 0 Å². The summed E-state index contributed by atoms with van der Waals surface area (Å²) in [5.41, 5.74) is 0.837. The van der Waals surface area contributed by atoms with Gasteiger partial charge in [0.25, 0.3) is 0 Å². The number of hydrogen-bond acceptors (Lipinski definition) is 4. The van der Waals surface area contributed by atoms with Gasteiger partial charge in [-0.1, -0.05) is 0 Å². The van der Waals surface area contributed by atoms with E-state index in [1.165, 1.54) is 11.5 Å². The number of carbonyl (C=O) groups is 2. The van der Waals surface area contributed by atoms with Gasteiger partial charge in [-0.25, -0.2) is 0 Å². The quantitative estimate of drug-likeness (QED) is 0.790. The maximum atomic E-state index is 11.1. The Labute approximate surface area is 84.9 Å². The highest BCUT2D eigenvalue weighted by Gasteiger charge is 2.06. The fourth-order valence-corrected chi connectivity index (χ4v) is 1.52.